The van der Waals surface area contributed by atoms with E-state index < -0.39 is 0 Å². The average molecular weight is 422 g/mol. The van der Waals surface area contributed by atoms with Crippen molar-refractivity contribution in [3.05, 3.63) is 94.2 Å². The first-order valence-corrected chi connectivity index (χ1v) is 9.73. The van der Waals surface area contributed by atoms with Crippen molar-refractivity contribution in [1.82, 2.24) is 9.55 Å². The van der Waals surface area contributed by atoms with Crippen molar-refractivity contribution in [3.63, 3.8) is 0 Å². The van der Waals surface area contributed by atoms with Crippen molar-refractivity contribution in [2.45, 2.75) is 18.5 Å². The number of nitrogens with zero attached hydrogens (tertiary/aromatic N) is 2. The number of anilines is 1. The predicted octanol–water partition coefficient (Wildman–Crippen LogP) is 6.08. The second kappa shape index (κ2) is 6.50. The van der Waals surface area contributed by atoms with E-state index in [0.29, 0.717) is 0 Å². The SMILES string of the molecule is Fc1ccc([C@@H]2C[C@@H](c3cccc(Br)c3)n3c(nc4ccccc43)N2)cc1. The lowest BCUT2D eigenvalue weighted by molar-refractivity contribution is 0.477. The zero-order valence-corrected chi connectivity index (χ0v) is 16.0. The molecule has 1 aromatic heterocycles. The molecule has 5 heteroatoms. The summed E-state index contributed by atoms with van der Waals surface area (Å²) >= 11 is 3.60. The van der Waals surface area contributed by atoms with Crippen molar-refractivity contribution >= 4 is 32.9 Å². The van der Waals surface area contributed by atoms with E-state index in [9.17, 15) is 4.39 Å². The molecule has 3 nitrogen and oxygen atoms in total. The Kier molecular flexibility index (Phi) is 3.97. The van der Waals surface area contributed by atoms with Crippen LogP contribution in [0.2, 0.25) is 0 Å². The van der Waals surface area contributed by atoms with Crippen LogP contribution < -0.4 is 5.32 Å². The van der Waals surface area contributed by atoms with E-state index in [1.807, 2.05) is 36.4 Å². The van der Waals surface area contributed by atoms with E-state index in [1.54, 1.807) is 0 Å². The fourth-order valence-corrected chi connectivity index (χ4v) is 4.34. The quantitative estimate of drug-likeness (QED) is 0.424. The molecule has 1 N–H and O–H groups in total. The van der Waals surface area contributed by atoms with Crippen LogP contribution in [0, 0.1) is 5.82 Å². The molecule has 0 unspecified atom stereocenters. The topological polar surface area (TPSA) is 29.9 Å². The first-order chi connectivity index (χ1) is 13.2. The maximum Gasteiger partial charge on any atom is 0.204 e. The number of aromatic nitrogens is 2. The standard InChI is InChI=1S/C22H17BrFN3/c23-16-5-3-4-15(12-16)21-13-19(14-8-10-17(24)11-9-14)26-22-25-18-6-1-2-7-20(18)27(21)22/h1-12,19,21H,13H2,(H,25,26)/t19-,21-/m0/s1. The van der Waals surface area contributed by atoms with Gasteiger partial charge in [0.1, 0.15) is 5.82 Å². The van der Waals surface area contributed by atoms with Gasteiger partial charge in [-0.15, -0.1) is 0 Å². The maximum absolute atomic E-state index is 13.4. The number of rotatable bonds is 2. The highest BCUT2D eigenvalue weighted by Gasteiger charge is 2.31. The van der Waals surface area contributed by atoms with Gasteiger partial charge < -0.3 is 9.88 Å². The van der Waals surface area contributed by atoms with Crippen LogP contribution >= 0.6 is 15.9 Å². The van der Waals surface area contributed by atoms with Gasteiger partial charge in [-0.2, -0.15) is 0 Å². The molecular formula is C22H17BrFN3. The van der Waals surface area contributed by atoms with Crippen LogP contribution in [0.15, 0.2) is 77.3 Å². The molecular weight excluding hydrogens is 405 g/mol. The van der Waals surface area contributed by atoms with Gasteiger partial charge in [0, 0.05) is 4.47 Å². The fourth-order valence-electron chi connectivity index (χ4n) is 3.92. The van der Waals surface area contributed by atoms with Gasteiger partial charge in [-0.05, 0) is 53.9 Å². The largest absolute Gasteiger partial charge is 0.349 e. The van der Waals surface area contributed by atoms with Gasteiger partial charge in [0.15, 0.2) is 0 Å². The molecule has 0 saturated heterocycles. The molecule has 0 radical (unpaired) electrons. The average Bonchev–Trinajstić information content (AvgIpc) is 3.06. The number of nitrogens with one attached hydrogen (secondary N) is 1. The van der Waals surface area contributed by atoms with Crippen LogP contribution in [0.25, 0.3) is 11.0 Å². The number of benzene rings is 3. The lowest BCUT2D eigenvalue weighted by Crippen LogP contribution is -2.27. The Hall–Kier alpha value is -2.66. The van der Waals surface area contributed by atoms with Crippen LogP contribution in [0.4, 0.5) is 10.3 Å². The molecule has 27 heavy (non-hydrogen) atoms. The molecule has 1 aliphatic rings. The number of halogens is 2. The summed E-state index contributed by atoms with van der Waals surface area (Å²) in [5.74, 6) is 0.632. The van der Waals surface area contributed by atoms with E-state index >= 15 is 0 Å². The van der Waals surface area contributed by atoms with E-state index in [1.165, 1.54) is 17.7 Å². The summed E-state index contributed by atoms with van der Waals surface area (Å²) in [6, 6.07) is 23.6. The molecule has 3 aromatic carbocycles. The molecule has 1 aliphatic heterocycles. The maximum atomic E-state index is 13.4. The third-order valence-electron chi connectivity index (χ3n) is 5.18. The Morgan fingerprint density at radius 1 is 0.963 bits per heavy atom. The highest BCUT2D eigenvalue weighted by Crippen LogP contribution is 2.41. The summed E-state index contributed by atoms with van der Waals surface area (Å²) in [5.41, 5.74) is 4.37. The van der Waals surface area contributed by atoms with Gasteiger partial charge in [0.25, 0.3) is 0 Å². The van der Waals surface area contributed by atoms with Crippen molar-refractivity contribution in [3.8, 4) is 0 Å². The smallest absolute Gasteiger partial charge is 0.204 e. The minimum atomic E-state index is -0.217. The first kappa shape index (κ1) is 16.5. The lowest BCUT2D eigenvalue weighted by atomic mass is 9.93. The number of fused-ring (bicyclic) bond motifs is 3. The third-order valence-corrected chi connectivity index (χ3v) is 5.67. The molecule has 2 heterocycles. The molecule has 0 spiro atoms. The molecule has 0 bridgehead atoms. The Morgan fingerprint density at radius 2 is 1.78 bits per heavy atom. The number of hydrogen-bond donors (Lipinski definition) is 1. The normalized spacial score (nSPS) is 18.9. The monoisotopic (exact) mass is 421 g/mol. The second-order valence-electron chi connectivity index (χ2n) is 6.85. The van der Waals surface area contributed by atoms with E-state index in [0.717, 1.165) is 33.4 Å². The van der Waals surface area contributed by atoms with Crippen molar-refractivity contribution in [2.75, 3.05) is 5.32 Å². The van der Waals surface area contributed by atoms with Crippen LogP contribution in [0.1, 0.15) is 29.6 Å². The zero-order chi connectivity index (χ0) is 18.4. The molecule has 5 rings (SSSR count). The van der Waals surface area contributed by atoms with Crippen LogP contribution in [-0.2, 0) is 0 Å². The Balaban J connectivity index is 1.67. The summed E-state index contributed by atoms with van der Waals surface area (Å²) in [7, 11) is 0. The van der Waals surface area contributed by atoms with Gasteiger partial charge in [-0.3, -0.25) is 0 Å². The number of para-hydroxylation sites is 2. The Morgan fingerprint density at radius 3 is 2.59 bits per heavy atom. The van der Waals surface area contributed by atoms with Gasteiger partial charge in [0.05, 0.1) is 23.1 Å². The number of hydrogen-bond acceptors (Lipinski definition) is 2. The Bertz CT molecular complexity index is 1120. The minimum absolute atomic E-state index is 0.0684. The summed E-state index contributed by atoms with van der Waals surface area (Å²) in [4.78, 5) is 4.81. The minimum Gasteiger partial charge on any atom is -0.349 e. The molecule has 0 saturated carbocycles. The highest BCUT2D eigenvalue weighted by molar-refractivity contribution is 9.10. The summed E-state index contributed by atoms with van der Waals surface area (Å²) in [5, 5.41) is 3.55. The second-order valence-corrected chi connectivity index (χ2v) is 7.76. The van der Waals surface area contributed by atoms with Crippen LogP contribution in [-0.4, -0.2) is 9.55 Å². The molecule has 134 valence electrons. The summed E-state index contributed by atoms with van der Waals surface area (Å²) in [6.45, 7) is 0. The van der Waals surface area contributed by atoms with Crippen molar-refractivity contribution in [1.29, 1.82) is 0 Å². The molecule has 4 aromatic rings. The first-order valence-electron chi connectivity index (χ1n) is 8.93. The van der Waals surface area contributed by atoms with Gasteiger partial charge in [0.2, 0.25) is 5.95 Å². The third kappa shape index (κ3) is 2.92. The summed E-state index contributed by atoms with van der Waals surface area (Å²) < 4.78 is 16.7. The van der Waals surface area contributed by atoms with Crippen molar-refractivity contribution < 1.29 is 4.39 Å². The van der Waals surface area contributed by atoms with Crippen molar-refractivity contribution in [2.24, 2.45) is 0 Å². The molecule has 2 atom stereocenters. The molecule has 0 aliphatic carbocycles. The van der Waals surface area contributed by atoms with E-state index in [2.05, 4.69) is 50.1 Å². The van der Waals surface area contributed by atoms with Crippen LogP contribution in [0.3, 0.4) is 0 Å². The Labute approximate surface area is 165 Å². The van der Waals surface area contributed by atoms with Crippen LogP contribution in [0.5, 0.6) is 0 Å². The lowest BCUT2D eigenvalue weighted by Gasteiger charge is -2.33. The fraction of sp³-hybridized carbons (Fsp3) is 0.136. The van der Waals surface area contributed by atoms with Gasteiger partial charge >= 0.3 is 0 Å². The zero-order valence-electron chi connectivity index (χ0n) is 14.4. The predicted molar refractivity (Wildman–Crippen MR) is 109 cm³/mol. The number of imidazole rings is 1. The van der Waals surface area contributed by atoms with E-state index in [-0.39, 0.29) is 17.9 Å². The van der Waals surface area contributed by atoms with Gasteiger partial charge in [-0.1, -0.05) is 52.3 Å². The molecule has 0 amide bonds. The van der Waals surface area contributed by atoms with E-state index in [4.69, 9.17) is 4.98 Å². The van der Waals surface area contributed by atoms with Gasteiger partial charge in [-0.25, -0.2) is 9.37 Å². The highest BCUT2D eigenvalue weighted by atomic mass is 79.9. The molecule has 0 fully saturated rings. The summed E-state index contributed by atoms with van der Waals surface area (Å²) in [6.07, 6.45) is 0.857.